The summed E-state index contributed by atoms with van der Waals surface area (Å²) in [6, 6.07) is 14.5. The van der Waals surface area contributed by atoms with Crippen LogP contribution in [-0.4, -0.2) is 24.5 Å². The molecule has 24 heavy (non-hydrogen) atoms. The highest BCUT2D eigenvalue weighted by Gasteiger charge is 2.01. The minimum atomic E-state index is -0.131. The summed E-state index contributed by atoms with van der Waals surface area (Å²) in [5, 5.41) is 6.89. The van der Waals surface area contributed by atoms with Gasteiger partial charge in [-0.1, -0.05) is 18.2 Å². The van der Waals surface area contributed by atoms with Crippen LogP contribution in [0.1, 0.15) is 12.0 Å². The first-order chi connectivity index (χ1) is 11.7. The van der Waals surface area contributed by atoms with Crippen molar-refractivity contribution in [1.29, 1.82) is 0 Å². The zero-order valence-corrected chi connectivity index (χ0v) is 15.2. The highest BCUT2D eigenvalue weighted by Crippen LogP contribution is 2.16. The SMILES string of the molecule is COc1ccc(NC(=S)NCCCSCc2ccccc2F)cc1. The van der Waals surface area contributed by atoms with Crippen molar-refractivity contribution >= 4 is 34.8 Å². The van der Waals surface area contributed by atoms with Crippen LogP contribution in [0.15, 0.2) is 48.5 Å². The average molecular weight is 365 g/mol. The molecule has 0 aliphatic carbocycles. The van der Waals surface area contributed by atoms with E-state index in [1.54, 1.807) is 24.9 Å². The number of thioether (sulfide) groups is 1. The average Bonchev–Trinajstić information content (AvgIpc) is 2.60. The Balaban J connectivity index is 1.58. The number of thiocarbonyl (C=S) groups is 1. The second-order valence-corrected chi connectivity index (χ2v) is 6.62. The third kappa shape index (κ3) is 6.37. The number of ether oxygens (including phenoxy) is 1. The largest absolute Gasteiger partial charge is 0.497 e. The maximum absolute atomic E-state index is 13.5. The molecule has 0 heterocycles. The van der Waals surface area contributed by atoms with Crippen molar-refractivity contribution in [1.82, 2.24) is 5.32 Å². The van der Waals surface area contributed by atoms with Gasteiger partial charge in [0.15, 0.2) is 5.11 Å². The molecule has 2 aromatic rings. The predicted molar refractivity (Wildman–Crippen MR) is 104 cm³/mol. The van der Waals surface area contributed by atoms with Crippen LogP contribution in [0.25, 0.3) is 0 Å². The van der Waals surface area contributed by atoms with Gasteiger partial charge in [-0.15, -0.1) is 0 Å². The van der Waals surface area contributed by atoms with E-state index in [1.807, 2.05) is 36.4 Å². The fourth-order valence-corrected chi connectivity index (χ4v) is 3.19. The Morgan fingerprint density at radius 1 is 1.17 bits per heavy atom. The van der Waals surface area contributed by atoms with Gasteiger partial charge in [0.25, 0.3) is 0 Å². The maximum Gasteiger partial charge on any atom is 0.170 e. The van der Waals surface area contributed by atoms with Crippen molar-refractivity contribution in [2.75, 3.05) is 24.7 Å². The first-order valence-electron chi connectivity index (χ1n) is 7.69. The smallest absolute Gasteiger partial charge is 0.170 e. The Bertz CT molecular complexity index is 650. The van der Waals surface area contributed by atoms with Crippen molar-refractivity contribution in [3.05, 3.63) is 59.9 Å². The standard InChI is InChI=1S/C18H21FN2OS2/c1-22-16-9-7-15(8-10-16)21-18(23)20-11-4-12-24-13-14-5-2-3-6-17(14)19/h2-3,5-10H,4,11-13H2,1H3,(H2,20,21,23). The Kier molecular flexibility index (Phi) is 7.85. The van der Waals surface area contributed by atoms with Gasteiger partial charge in [-0.2, -0.15) is 11.8 Å². The number of hydrogen-bond donors (Lipinski definition) is 2. The van der Waals surface area contributed by atoms with Gasteiger partial charge in [0, 0.05) is 18.0 Å². The number of benzene rings is 2. The Morgan fingerprint density at radius 2 is 1.92 bits per heavy atom. The summed E-state index contributed by atoms with van der Waals surface area (Å²) in [7, 11) is 1.64. The van der Waals surface area contributed by atoms with E-state index in [0.29, 0.717) is 10.9 Å². The first kappa shape index (κ1) is 18.5. The molecule has 0 spiro atoms. The van der Waals surface area contributed by atoms with E-state index in [2.05, 4.69) is 10.6 Å². The summed E-state index contributed by atoms with van der Waals surface area (Å²) in [4.78, 5) is 0. The normalized spacial score (nSPS) is 10.2. The van der Waals surface area contributed by atoms with Gasteiger partial charge in [0.2, 0.25) is 0 Å². The monoisotopic (exact) mass is 364 g/mol. The van der Waals surface area contributed by atoms with E-state index in [-0.39, 0.29) is 5.82 Å². The molecule has 0 radical (unpaired) electrons. The third-order valence-electron chi connectivity index (χ3n) is 3.31. The molecule has 0 aromatic heterocycles. The summed E-state index contributed by atoms with van der Waals surface area (Å²) in [5.74, 6) is 2.33. The lowest BCUT2D eigenvalue weighted by Gasteiger charge is -2.11. The lowest BCUT2D eigenvalue weighted by atomic mass is 10.2. The summed E-state index contributed by atoms with van der Waals surface area (Å²) in [5.41, 5.74) is 1.68. The molecular formula is C18H21FN2OS2. The van der Waals surface area contributed by atoms with Crippen LogP contribution < -0.4 is 15.4 Å². The second-order valence-electron chi connectivity index (χ2n) is 5.11. The summed E-state index contributed by atoms with van der Waals surface area (Å²) >= 11 is 6.98. The van der Waals surface area contributed by atoms with E-state index >= 15 is 0 Å². The van der Waals surface area contributed by atoms with Crippen molar-refractivity contribution in [3.63, 3.8) is 0 Å². The molecule has 2 N–H and O–H groups in total. The van der Waals surface area contributed by atoms with Gasteiger partial charge in [-0.05, 0) is 60.3 Å². The van der Waals surface area contributed by atoms with Crippen molar-refractivity contribution in [2.45, 2.75) is 12.2 Å². The van der Waals surface area contributed by atoms with Crippen LogP contribution in [0.3, 0.4) is 0 Å². The highest BCUT2D eigenvalue weighted by molar-refractivity contribution is 7.98. The number of anilines is 1. The number of halogens is 1. The molecule has 0 atom stereocenters. The molecule has 2 aromatic carbocycles. The van der Waals surface area contributed by atoms with Gasteiger partial charge < -0.3 is 15.4 Å². The van der Waals surface area contributed by atoms with Gasteiger partial charge in [-0.3, -0.25) is 0 Å². The lowest BCUT2D eigenvalue weighted by Crippen LogP contribution is -2.29. The molecule has 6 heteroatoms. The molecule has 0 amide bonds. The summed E-state index contributed by atoms with van der Waals surface area (Å²) < 4.78 is 18.6. The molecule has 0 fully saturated rings. The molecule has 0 saturated carbocycles. The molecule has 128 valence electrons. The van der Waals surface area contributed by atoms with Crippen LogP contribution in [0.5, 0.6) is 5.75 Å². The minimum absolute atomic E-state index is 0.131. The van der Waals surface area contributed by atoms with E-state index in [0.717, 1.165) is 35.7 Å². The third-order valence-corrected chi connectivity index (χ3v) is 4.65. The summed E-state index contributed by atoms with van der Waals surface area (Å²) in [6.45, 7) is 0.784. The van der Waals surface area contributed by atoms with E-state index in [9.17, 15) is 4.39 Å². The van der Waals surface area contributed by atoms with Crippen LogP contribution in [0.2, 0.25) is 0 Å². The predicted octanol–water partition coefficient (Wildman–Crippen LogP) is 4.44. The highest BCUT2D eigenvalue weighted by atomic mass is 32.2. The Morgan fingerprint density at radius 3 is 2.62 bits per heavy atom. The molecule has 3 nitrogen and oxygen atoms in total. The molecule has 0 bridgehead atoms. The summed E-state index contributed by atoms with van der Waals surface area (Å²) in [6.07, 6.45) is 0.962. The van der Waals surface area contributed by atoms with Crippen LogP contribution in [0, 0.1) is 5.82 Å². The molecule has 0 aliphatic heterocycles. The molecule has 2 rings (SSSR count). The Labute approximate surface area is 152 Å². The molecular weight excluding hydrogens is 343 g/mol. The second kappa shape index (κ2) is 10.2. The van der Waals surface area contributed by atoms with Crippen LogP contribution in [0.4, 0.5) is 10.1 Å². The zero-order valence-electron chi connectivity index (χ0n) is 13.5. The van der Waals surface area contributed by atoms with Gasteiger partial charge in [-0.25, -0.2) is 4.39 Å². The number of hydrogen-bond acceptors (Lipinski definition) is 3. The fourth-order valence-electron chi connectivity index (χ4n) is 2.02. The van der Waals surface area contributed by atoms with E-state index < -0.39 is 0 Å². The number of nitrogens with one attached hydrogen (secondary N) is 2. The lowest BCUT2D eigenvalue weighted by molar-refractivity contribution is 0.415. The minimum Gasteiger partial charge on any atom is -0.497 e. The maximum atomic E-state index is 13.5. The van der Waals surface area contributed by atoms with Crippen LogP contribution >= 0.6 is 24.0 Å². The zero-order chi connectivity index (χ0) is 17.2. The van der Waals surface area contributed by atoms with Gasteiger partial charge >= 0.3 is 0 Å². The fraction of sp³-hybridized carbons (Fsp3) is 0.278. The number of rotatable bonds is 8. The van der Waals surface area contributed by atoms with Crippen molar-refractivity contribution in [3.8, 4) is 5.75 Å². The molecule has 0 unspecified atom stereocenters. The van der Waals surface area contributed by atoms with Gasteiger partial charge in [0.1, 0.15) is 11.6 Å². The van der Waals surface area contributed by atoms with E-state index in [4.69, 9.17) is 17.0 Å². The molecule has 0 saturated heterocycles. The number of methoxy groups -OCH3 is 1. The van der Waals surface area contributed by atoms with Crippen LogP contribution in [-0.2, 0) is 5.75 Å². The van der Waals surface area contributed by atoms with Crippen molar-refractivity contribution < 1.29 is 9.13 Å². The first-order valence-corrected chi connectivity index (χ1v) is 9.25. The Hall–Kier alpha value is -1.79. The topological polar surface area (TPSA) is 33.3 Å². The van der Waals surface area contributed by atoms with E-state index in [1.165, 1.54) is 6.07 Å². The molecule has 0 aliphatic rings. The van der Waals surface area contributed by atoms with Gasteiger partial charge in [0.05, 0.1) is 7.11 Å². The quantitative estimate of drug-likeness (QED) is 0.534. The van der Waals surface area contributed by atoms with Crippen molar-refractivity contribution in [2.24, 2.45) is 0 Å².